The summed E-state index contributed by atoms with van der Waals surface area (Å²) in [5.74, 6) is -0.409. The minimum atomic E-state index is -0.694. The van der Waals surface area contributed by atoms with Crippen LogP contribution in [0.4, 0.5) is 11.5 Å². The second-order valence-corrected chi connectivity index (χ2v) is 5.81. The molecule has 1 amide bonds. The van der Waals surface area contributed by atoms with Crippen molar-refractivity contribution in [1.82, 2.24) is 9.55 Å². The van der Waals surface area contributed by atoms with Crippen LogP contribution < -0.4 is 21.9 Å². The largest absolute Gasteiger partial charge is 0.383 e. The number of nitrogens with zero attached hydrogens (tertiary/aromatic N) is 2. The summed E-state index contributed by atoms with van der Waals surface area (Å²) in [5, 5.41) is 0. The Morgan fingerprint density at radius 2 is 1.96 bits per heavy atom. The normalized spacial score (nSPS) is 10.7. The molecular formula is C18H24N4O4. The molecule has 1 heterocycles. The topological polar surface area (TPSA) is 110 Å². The number of nitrogens with two attached hydrogens (primary N) is 1. The number of methoxy groups -OCH3 is 1. The maximum Gasteiger partial charge on any atom is 0.330 e. The first-order valence-electron chi connectivity index (χ1n) is 8.49. The Labute approximate surface area is 151 Å². The number of hydrogen-bond acceptors (Lipinski definition) is 5. The van der Waals surface area contributed by atoms with E-state index in [4.69, 9.17) is 10.5 Å². The van der Waals surface area contributed by atoms with Gasteiger partial charge in [-0.3, -0.25) is 24.0 Å². The summed E-state index contributed by atoms with van der Waals surface area (Å²) in [6.45, 7) is 2.69. The van der Waals surface area contributed by atoms with E-state index in [9.17, 15) is 14.4 Å². The lowest BCUT2D eigenvalue weighted by atomic mass is 10.2. The summed E-state index contributed by atoms with van der Waals surface area (Å²) in [5.41, 5.74) is 5.22. The first-order valence-corrected chi connectivity index (χ1v) is 8.49. The Hall–Kier alpha value is -2.87. The maximum atomic E-state index is 12.9. The van der Waals surface area contributed by atoms with Crippen molar-refractivity contribution in [3.63, 3.8) is 0 Å². The van der Waals surface area contributed by atoms with E-state index >= 15 is 0 Å². The van der Waals surface area contributed by atoms with Crippen molar-refractivity contribution in [3.8, 4) is 0 Å². The van der Waals surface area contributed by atoms with E-state index in [1.165, 1.54) is 16.6 Å². The van der Waals surface area contributed by atoms with Crippen LogP contribution in [0.15, 0.2) is 39.9 Å². The number of carbonyl (C=O) groups excluding carboxylic acids is 1. The van der Waals surface area contributed by atoms with Gasteiger partial charge in [-0.15, -0.1) is 0 Å². The van der Waals surface area contributed by atoms with E-state index in [1.807, 2.05) is 6.92 Å². The summed E-state index contributed by atoms with van der Waals surface area (Å²) >= 11 is 0. The molecule has 0 bridgehead atoms. The molecule has 0 atom stereocenters. The maximum absolute atomic E-state index is 12.9. The van der Waals surface area contributed by atoms with Crippen molar-refractivity contribution in [2.24, 2.45) is 0 Å². The van der Waals surface area contributed by atoms with Gasteiger partial charge in [-0.05, 0) is 18.6 Å². The predicted octanol–water partition coefficient (Wildman–Crippen LogP) is 1.21. The Balaban J connectivity index is 2.56. The van der Waals surface area contributed by atoms with Gasteiger partial charge in [0.05, 0.1) is 6.61 Å². The van der Waals surface area contributed by atoms with Crippen LogP contribution in [-0.2, 0) is 11.3 Å². The molecule has 8 nitrogen and oxygen atoms in total. The zero-order chi connectivity index (χ0) is 19.1. The van der Waals surface area contributed by atoms with Gasteiger partial charge in [-0.25, -0.2) is 4.79 Å². The van der Waals surface area contributed by atoms with E-state index in [-0.39, 0.29) is 30.6 Å². The second kappa shape index (κ2) is 9.00. The molecule has 0 fully saturated rings. The minimum Gasteiger partial charge on any atom is -0.383 e. The van der Waals surface area contributed by atoms with Crippen LogP contribution in [0.2, 0.25) is 0 Å². The van der Waals surface area contributed by atoms with E-state index in [0.29, 0.717) is 12.1 Å². The number of carbonyl (C=O) groups is 1. The van der Waals surface area contributed by atoms with Crippen molar-refractivity contribution in [2.75, 3.05) is 30.9 Å². The van der Waals surface area contributed by atoms with Crippen LogP contribution in [0.5, 0.6) is 0 Å². The fraction of sp³-hybridized carbons (Fsp3) is 0.389. The molecule has 0 aliphatic heterocycles. The third kappa shape index (κ3) is 4.20. The number of unbranched alkanes of at least 4 members (excludes halogenated alkanes) is 1. The Kier molecular flexibility index (Phi) is 6.74. The minimum absolute atomic E-state index is 0.0208. The highest BCUT2D eigenvalue weighted by atomic mass is 16.5. The first kappa shape index (κ1) is 19.5. The summed E-state index contributed by atoms with van der Waals surface area (Å²) in [6.07, 6.45) is 1.58. The molecule has 140 valence electrons. The van der Waals surface area contributed by atoms with Crippen LogP contribution in [0.3, 0.4) is 0 Å². The van der Waals surface area contributed by atoms with Crippen molar-refractivity contribution in [3.05, 3.63) is 56.7 Å². The summed E-state index contributed by atoms with van der Waals surface area (Å²) in [6, 6.07) is 8.57. The van der Waals surface area contributed by atoms with E-state index in [0.717, 1.165) is 12.8 Å². The second-order valence-electron chi connectivity index (χ2n) is 5.81. The fourth-order valence-electron chi connectivity index (χ4n) is 2.61. The number of nitrogen functional groups attached to an aromatic ring is 1. The monoisotopic (exact) mass is 360 g/mol. The summed E-state index contributed by atoms with van der Waals surface area (Å²) in [7, 11) is 1.50. The number of hydrogen-bond donors (Lipinski definition) is 2. The van der Waals surface area contributed by atoms with Crippen molar-refractivity contribution in [2.45, 2.75) is 26.3 Å². The molecule has 0 unspecified atom stereocenters. The molecule has 2 aromatic rings. The highest BCUT2D eigenvalue weighted by Gasteiger charge is 2.24. The smallest absolute Gasteiger partial charge is 0.330 e. The molecule has 0 aliphatic carbocycles. The molecule has 0 spiro atoms. The zero-order valence-electron chi connectivity index (χ0n) is 15.0. The predicted molar refractivity (Wildman–Crippen MR) is 101 cm³/mol. The van der Waals surface area contributed by atoms with Gasteiger partial charge in [-0.1, -0.05) is 31.5 Å². The van der Waals surface area contributed by atoms with E-state index in [2.05, 4.69) is 4.98 Å². The van der Waals surface area contributed by atoms with Crippen molar-refractivity contribution >= 4 is 17.4 Å². The Bertz CT molecular complexity index is 858. The van der Waals surface area contributed by atoms with Crippen LogP contribution in [-0.4, -0.2) is 35.7 Å². The lowest BCUT2D eigenvalue weighted by molar-refractivity contribution is 0.0975. The summed E-state index contributed by atoms with van der Waals surface area (Å²) < 4.78 is 6.35. The molecule has 1 aromatic carbocycles. The SMILES string of the molecule is CCCCn1c(N)c(N(CCOC)C(=O)c2ccccc2)c(=O)[nH]c1=O. The van der Waals surface area contributed by atoms with Gasteiger partial charge in [-0.2, -0.15) is 0 Å². The first-order chi connectivity index (χ1) is 12.5. The molecule has 3 N–H and O–H groups in total. The van der Waals surface area contributed by atoms with Gasteiger partial charge in [0.2, 0.25) is 0 Å². The highest BCUT2D eigenvalue weighted by Crippen LogP contribution is 2.19. The number of aromatic nitrogens is 2. The van der Waals surface area contributed by atoms with Gasteiger partial charge in [0.15, 0.2) is 5.69 Å². The lowest BCUT2D eigenvalue weighted by Crippen LogP contribution is -2.42. The van der Waals surface area contributed by atoms with Crippen LogP contribution >= 0.6 is 0 Å². The average molecular weight is 360 g/mol. The van der Waals surface area contributed by atoms with Gasteiger partial charge >= 0.3 is 5.69 Å². The molecule has 0 radical (unpaired) electrons. The van der Waals surface area contributed by atoms with Gasteiger partial charge in [0.25, 0.3) is 11.5 Å². The van der Waals surface area contributed by atoms with E-state index in [1.54, 1.807) is 30.3 Å². The molecule has 0 aliphatic rings. The van der Waals surface area contributed by atoms with Crippen molar-refractivity contribution < 1.29 is 9.53 Å². The molecule has 8 heteroatoms. The average Bonchev–Trinajstić information content (AvgIpc) is 2.64. The van der Waals surface area contributed by atoms with Crippen LogP contribution in [0.25, 0.3) is 0 Å². The molecule has 26 heavy (non-hydrogen) atoms. The third-order valence-corrected chi connectivity index (χ3v) is 4.00. The fourth-order valence-corrected chi connectivity index (χ4v) is 2.61. The number of amides is 1. The molecular weight excluding hydrogens is 336 g/mol. The lowest BCUT2D eigenvalue weighted by Gasteiger charge is -2.24. The molecule has 2 rings (SSSR count). The number of ether oxygens (including phenoxy) is 1. The Morgan fingerprint density at radius 3 is 2.58 bits per heavy atom. The number of aromatic amines is 1. The van der Waals surface area contributed by atoms with Gasteiger partial charge in [0.1, 0.15) is 5.82 Å². The third-order valence-electron chi connectivity index (χ3n) is 4.00. The molecule has 0 saturated carbocycles. The van der Waals surface area contributed by atoms with Gasteiger partial charge < -0.3 is 10.5 Å². The zero-order valence-corrected chi connectivity index (χ0v) is 15.0. The number of anilines is 2. The quantitative estimate of drug-likeness (QED) is 0.735. The highest BCUT2D eigenvalue weighted by molar-refractivity contribution is 6.07. The number of nitrogens with one attached hydrogen (secondary N) is 1. The number of rotatable bonds is 8. The summed E-state index contributed by atoms with van der Waals surface area (Å²) in [4.78, 5) is 41.0. The number of H-pyrrole nitrogens is 1. The van der Waals surface area contributed by atoms with Crippen LogP contribution in [0, 0.1) is 0 Å². The molecule has 0 saturated heterocycles. The Morgan fingerprint density at radius 1 is 1.27 bits per heavy atom. The standard InChI is InChI=1S/C18H24N4O4/c1-3-4-10-22-15(19)14(16(23)20-18(22)25)21(11-12-26-2)17(24)13-8-6-5-7-9-13/h5-9H,3-4,10-12,19H2,1-2H3,(H,20,23,25). The van der Waals surface area contributed by atoms with Crippen LogP contribution in [0.1, 0.15) is 30.1 Å². The van der Waals surface area contributed by atoms with E-state index < -0.39 is 11.2 Å². The number of benzene rings is 1. The van der Waals surface area contributed by atoms with Gasteiger partial charge in [0, 0.05) is 25.8 Å². The molecule has 1 aromatic heterocycles. The van der Waals surface area contributed by atoms with Crippen molar-refractivity contribution in [1.29, 1.82) is 0 Å².